The van der Waals surface area contributed by atoms with Crippen LogP contribution in [-0.2, 0) is 16.1 Å². The zero-order chi connectivity index (χ0) is 14.5. The summed E-state index contributed by atoms with van der Waals surface area (Å²) in [4.78, 5) is 18.4. The Bertz CT molecular complexity index is 516. The van der Waals surface area contributed by atoms with Crippen molar-refractivity contribution in [1.29, 1.82) is 0 Å². The van der Waals surface area contributed by atoms with Crippen LogP contribution in [-0.4, -0.2) is 42.6 Å². The van der Waals surface area contributed by atoms with Crippen molar-refractivity contribution in [2.75, 3.05) is 19.7 Å². The molecule has 0 aromatic heterocycles. The number of hydrogen-bond acceptors (Lipinski definition) is 4. The first kappa shape index (κ1) is 13.9. The Morgan fingerprint density at radius 1 is 1.33 bits per heavy atom. The van der Waals surface area contributed by atoms with Crippen molar-refractivity contribution in [3.05, 3.63) is 35.9 Å². The van der Waals surface area contributed by atoms with Gasteiger partial charge in [-0.2, -0.15) is 0 Å². The van der Waals surface area contributed by atoms with Gasteiger partial charge in [-0.3, -0.25) is 9.89 Å². The molecule has 1 aromatic rings. The van der Waals surface area contributed by atoms with Crippen LogP contribution in [0, 0.1) is 0 Å². The molecule has 2 heterocycles. The van der Waals surface area contributed by atoms with E-state index in [-0.39, 0.29) is 12.1 Å². The van der Waals surface area contributed by atoms with Crippen LogP contribution in [0.5, 0.6) is 0 Å². The van der Waals surface area contributed by atoms with E-state index >= 15 is 0 Å². The number of hydrogen-bond donors (Lipinski definition) is 0. The van der Waals surface area contributed by atoms with E-state index in [0.717, 1.165) is 24.8 Å². The summed E-state index contributed by atoms with van der Waals surface area (Å²) in [6.07, 6.45) is 2.72. The molecule has 1 saturated heterocycles. The van der Waals surface area contributed by atoms with Gasteiger partial charge in [0.2, 0.25) is 5.90 Å². The van der Waals surface area contributed by atoms with Gasteiger partial charge in [-0.15, -0.1) is 0 Å². The Morgan fingerprint density at radius 3 is 2.95 bits per heavy atom. The van der Waals surface area contributed by atoms with Crippen molar-refractivity contribution < 1.29 is 14.3 Å². The fourth-order valence-electron chi connectivity index (χ4n) is 2.76. The third kappa shape index (κ3) is 3.35. The Balaban J connectivity index is 1.61. The lowest BCUT2D eigenvalue weighted by Gasteiger charge is -2.34. The van der Waals surface area contributed by atoms with E-state index in [4.69, 9.17) is 9.47 Å². The van der Waals surface area contributed by atoms with Gasteiger partial charge in [0.05, 0.1) is 6.54 Å². The molecule has 0 radical (unpaired) electrons. The molecule has 1 atom stereocenters. The number of piperidine rings is 1. The standard InChI is InChI=1S/C16H20N2O3/c19-16(21-12-13-6-2-1-3-7-13)18-10-5-4-8-14(18)15-17-9-11-20-15/h1-3,6-7,14H,4-5,8-12H2/t14-/m1/s1. The average molecular weight is 288 g/mol. The Kier molecular flexibility index (Phi) is 4.38. The second kappa shape index (κ2) is 6.61. The molecule has 5 heteroatoms. The van der Waals surface area contributed by atoms with E-state index in [0.29, 0.717) is 32.2 Å². The molecular weight excluding hydrogens is 268 g/mol. The van der Waals surface area contributed by atoms with Crippen molar-refractivity contribution in [1.82, 2.24) is 4.90 Å². The van der Waals surface area contributed by atoms with Crippen molar-refractivity contribution in [2.24, 2.45) is 4.99 Å². The Morgan fingerprint density at radius 2 is 2.19 bits per heavy atom. The van der Waals surface area contributed by atoms with Crippen LogP contribution in [0.4, 0.5) is 4.79 Å². The molecule has 0 spiro atoms. The molecule has 0 aliphatic carbocycles. The second-order valence-electron chi connectivity index (χ2n) is 5.31. The van der Waals surface area contributed by atoms with Gasteiger partial charge in [-0.05, 0) is 24.8 Å². The number of carbonyl (C=O) groups is 1. The number of rotatable bonds is 3. The predicted octanol–water partition coefficient (Wildman–Crippen LogP) is 2.61. The summed E-state index contributed by atoms with van der Waals surface area (Å²) in [5, 5.41) is 0. The lowest BCUT2D eigenvalue weighted by Crippen LogP contribution is -2.48. The zero-order valence-electron chi connectivity index (χ0n) is 12.0. The molecule has 0 unspecified atom stereocenters. The summed E-state index contributed by atoms with van der Waals surface area (Å²) in [7, 11) is 0. The highest BCUT2D eigenvalue weighted by Gasteiger charge is 2.33. The van der Waals surface area contributed by atoms with Crippen LogP contribution >= 0.6 is 0 Å². The number of benzene rings is 1. The summed E-state index contributed by atoms with van der Waals surface area (Å²) >= 11 is 0. The minimum Gasteiger partial charge on any atom is -0.478 e. The van der Waals surface area contributed by atoms with E-state index in [1.165, 1.54) is 0 Å². The molecule has 3 rings (SSSR count). The van der Waals surface area contributed by atoms with Gasteiger partial charge in [0, 0.05) is 6.54 Å². The largest absolute Gasteiger partial charge is 0.478 e. The van der Waals surface area contributed by atoms with E-state index in [1.807, 2.05) is 30.3 Å². The lowest BCUT2D eigenvalue weighted by molar-refractivity contribution is 0.0766. The van der Waals surface area contributed by atoms with Crippen LogP contribution in [0.15, 0.2) is 35.3 Å². The van der Waals surface area contributed by atoms with Crippen molar-refractivity contribution in [3.63, 3.8) is 0 Å². The maximum atomic E-state index is 12.3. The highest BCUT2D eigenvalue weighted by molar-refractivity contribution is 5.86. The third-order valence-corrected chi connectivity index (χ3v) is 3.84. The molecule has 0 bridgehead atoms. The Hall–Kier alpha value is -2.04. The number of nitrogens with zero attached hydrogens (tertiary/aromatic N) is 2. The highest BCUT2D eigenvalue weighted by atomic mass is 16.6. The molecule has 2 aliphatic rings. The molecular formula is C16H20N2O3. The van der Waals surface area contributed by atoms with Gasteiger partial charge in [-0.1, -0.05) is 30.3 Å². The summed E-state index contributed by atoms with van der Waals surface area (Å²) in [6.45, 7) is 2.33. The normalized spacial score (nSPS) is 21.6. The monoisotopic (exact) mass is 288 g/mol. The number of aliphatic imine (C=N–C) groups is 1. The molecule has 21 heavy (non-hydrogen) atoms. The zero-order valence-corrected chi connectivity index (χ0v) is 12.0. The van der Waals surface area contributed by atoms with Crippen LogP contribution in [0.3, 0.4) is 0 Å². The quantitative estimate of drug-likeness (QED) is 0.859. The lowest BCUT2D eigenvalue weighted by atomic mass is 10.0. The number of ether oxygens (including phenoxy) is 2. The Labute approximate surface area is 124 Å². The van der Waals surface area contributed by atoms with Crippen molar-refractivity contribution in [3.8, 4) is 0 Å². The smallest absolute Gasteiger partial charge is 0.410 e. The van der Waals surface area contributed by atoms with E-state index in [9.17, 15) is 4.79 Å². The molecule has 2 aliphatic heterocycles. The first-order chi connectivity index (χ1) is 10.3. The molecule has 112 valence electrons. The van der Waals surface area contributed by atoms with Gasteiger partial charge in [-0.25, -0.2) is 4.79 Å². The molecule has 1 fully saturated rings. The van der Waals surface area contributed by atoms with Crippen LogP contribution < -0.4 is 0 Å². The maximum absolute atomic E-state index is 12.3. The molecule has 5 nitrogen and oxygen atoms in total. The topological polar surface area (TPSA) is 51.1 Å². The summed E-state index contributed by atoms with van der Waals surface area (Å²) in [5.74, 6) is 0.700. The summed E-state index contributed by atoms with van der Waals surface area (Å²) < 4.78 is 11.0. The average Bonchev–Trinajstić information content (AvgIpc) is 3.08. The number of amides is 1. The fraction of sp³-hybridized carbons (Fsp3) is 0.500. The van der Waals surface area contributed by atoms with E-state index in [1.54, 1.807) is 4.90 Å². The first-order valence-corrected chi connectivity index (χ1v) is 7.49. The van der Waals surface area contributed by atoms with Gasteiger partial charge in [0.25, 0.3) is 0 Å². The van der Waals surface area contributed by atoms with Crippen LogP contribution in [0.25, 0.3) is 0 Å². The molecule has 0 N–H and O–H groups in total. The summed E-state index contributed by atoms with van der Waals surface area (Å²) in [6, 6.07) is 9.67. The predicted molar refractivity (Wildman–Crippen MR) is 79.2 cm³/mol. The van der Waals surface area contributed by atoms with Gasteiger partial charge in [0.15, 0.2) is 0 Å². The van der Waals surface area contributed by atoms with Crippen molar-refractivity contribution >= 4 is 12.0 Å². The molecule has 0 saturated carbocycles. The maximum Gasteiger partial charge on any atom is 0.410 e. The highest BCUT2D eigenvalue weighted by Crippen LogP contribution is 2.21. The van der Waals surface area contributed by atoms with E-state index < -0.39 is 0 Å². The third-order valence-electron chi connectivity index (χ3n) is 3.84. The minimum absolute atomic E-state index is 0.0514. The number of carbonyl (C=O) groups excluding carboxylic acids is 1. The number of likely N-dealkylation sites (tertiary alicyclic amines) is 1. The van der Waals surface area contributed by atoms with Gasteiger partial charge >= 0.3 is 6.09 Å². The van der Waals surface area contributed by atoms with E-state index in [2.05, 4.69) is 4.99 Å². The van der Waals surface area contributed by atoms with Crippen LogP contribution in [0.2, 0.25) is 0 Å². The molecule has 1 amide bonds. The minimum atomic E-state index is -0.276. The summed E-state index contributed by atoms with van der Waals surface area (Å²) in [5.41, 5.74) is 0.994. The second-order valence-corrected chi connectivity index (χ2v) is 5.31. The first-order valence-electron chi connectivity index (χ1n) is 7.49. The van der Waals surface area contributed by atoms with Crippen molar-refractivity contribution in [2.45, 2.75) is 31.9 Å². The van der Waals surface area contributed by atoms with Crippen LogP contribution in [0.1, 0.15) is 24.8 Å². The van der Waals surface area contributed by atoms with Gasteiger partial charge < -0.3 is 9.47 Å². The van der Waals surface area contributed by atoms with Gasteiger partial charge in [0.1, 0.15) is 19.3 Å². The molecule has 1 aromatic carbocycles. The SMILES string of the molecule is O=C(OCc1ccccc1)N1CCCC[C@@H]1C1=NCCO1. The fourth-order valence-corrected chi connectivity index (χ4v) is 2.76.